The summed E-state index contributed by atoms with van der Waals surface area (Å²) in [6.07, 6.45) is 29.1. The summed E-state index contributed by atoms with van der Waals surface area (Å²) in [4.78, 5) is 37.0. The third kappa shape index (κ3) is 25.4. The van der Waals surface area contributed by atoms with E-state index in [-0.39, 0.29) is 0 Å². The maximum atomic E-state index is 13.4. The zero-order valence-electron chi connectivity index (χ0n) is 47.5. The normalized spacial score (nSPS) is 11.2. The molecule has 4 rings (SSSR count). The van der Waals surface area contributed by atoms with Crippen LogP contribution in [0.2, 0.25) is 0 Å². The maximum Gasteiger partial charge on any atom is 0.336 e. The molecule has 428 valence electrons. The number of fused-ring (bicyclic) bond motifs is 1. The molecule has 0 unspecified atom stereocenters. The lowest BCUT2D eigenvalue weighted by atomic mass is 10.1. The van der Waals surface area contributed by atoms with Crippen LogP contribution in [0, 0.1) is 0 Å². The van der Waals surface area contributed by atoms with Crippen molar-refractivity contribution in [2.24, 2.45) is 0 Å². The minimum absolute atomic E-state index is 0.334. The summed E-state index contributed by atoms with van der Waals surface area (Å²) in [5.41, 5.74) is 1.34. The Kier molecular flexibility index (Phi) is 33.5. The highest BCUT2D eigenvalue weighted by molar-refractivity contribution is 5.93. The SMILES string of the molecule is C=CCOOCCCCOc1ccc(C=CC(=O)Oc2ccc3cc(OC(=O)C=Cc4ccc(OCCCCOC=C)c(OCCCCCC)c4OCCCCCC)ccc3c2)c(OCCCCCC)c1OCCCCCC. The average molecular weight is 1080 g/mol. The molecule has 0 aliphatic heterocycles. The van der Waals surface area contributed by atoms with E-state index in [1.165, 1.54) is 18.4 Å². The fourth-order valence-electron chi connectivity index (χ4n) is 8.09. The third-order valence-corrected chi connectivity index (χ3v) is 12.4. The predicted octanol–water partition coefficient (Wildman–Crippen LogP) is 16.5. The molecule has 0 heterocycles. The number of unbranched alkanes of at least 4 members (excludes halogenated alkanes) is 14. The van der Waals surface area contributed by atoms with Gasteiger partial charge in [-0.3, -0.25) is 0 Å². The minimum Gasteiger partial charge on any atom is -0.502 e. The van der Waals surface area contributed by atoms with Gasteiger partial charge in [0.1, 0.15) is 18.1 Å². The molecular weight excluding hydrogens is 989 g/mol. The van der Waals surface area contributed by atoms with Gasteiger partial charge in [0.2, 0.25) is 11.5 Å². The molecule has 0 atom stereocenters. The highest BCUT2D eigenvalue weighted by Gasteiger charge is 2.20. The van der Waals surface area contributed by atoms with E-state index in [4.69, 9.17) is 52.4 Å². The standard InChI is InChI=1S/C65H90O13/c1-7-13-17-21-45-71-62-52(31-37-58(69-43-26-25-42-68-12-6)64(62)73-47-23-19-15-9-3)33-39-60(66)77-56-35-29-55-51-57(36-30-54(55)50-56)78-61(67)40-34-53-32-38-59(70-44-27-28-49-76-75-41-11-5)65(74-48-24-20-16-10-4)63(53)72-46-22-18-14-8-2/h11-12,29-40,50-51H,5-10,13-28,41-49H2,1-4H3. The van der Waals surface area contributed by atoms with Gasteiger partial charge in [0.15, 0.2) is 23.0 Å². The van der Waals surface area contributed by atoms with Gasteiger partial charge in [-0.2, -0.15) is 0 Å². The molecule has 0 aliphatic rings. The Morgan fingerprint density at radius 1 is 0.410 bits per heavy atom. The summed E-state index contributed by atoms with van der Waals surface area (Å²) in [7, 11) is 0. The largest absolute Gasteiger partial charge is 0.502 e. The van der Waals surface area contributed by atoms with Crippen molar-refractivity contribution in [2.75, 3.05) is 59.5 Å². The van der Waals surface area contributed by atoms with Crippen molar-refractivity contribution in [3.63, 3.8) is 0 Å². The van der Waals surface area contributed by atoms with Gasteiger partial charge in [0.05, 0.1) is 59.1 Å². The highest BCUT2D eigenvalue weighted by Crippen LogP contribution is 2.43. The smallest absolute Gasteiger partial charge is 0.336 e. The topological polar surface area (TPSA) is 136 Å². The number of benzene rings is 4. The van der Waals surface area contributed by atoms with Crippen molar-refractivity contribution >= 4 is 34.9 Å². The lowest BCUT2D eigenvalue weighted by Crippen LogP contribution is -2.08. The van der Waals surface area contributed by atoms with Crippen LogP contribution in [0.1, 0.15) is 167 Å². The molecule has 4 aromatic carbocycles. The zero-order chi connectivity index (χ0) is 55.7. The number of ether oxygens (including phenoxy) is 9. The van der Waals surface area contributed by atoms with Gasteiger partial charge in [-0.25, -0.2) is 19.4 Å². The van der Waals surface area contributed by atoms with E-state index in [0.717, 1.165) is 139 Å². The van der Waals surface area contributed by atoms with Crippen LogP contribution < -0.4 is 37.9 Å². The Bertz CT molecular complexity index is 2390. The Labute approximate surface area is 466 Å². The predicted molar refractivity (Wildman–Crippen MR) is 312 cm³/mol. The van der Waals surface area contributed by atoms with Crippen molar-refractivity contribution in [2.45, 2.75) is 156 Å². The molecule has 0 spiro atoms. The molecule has 0 aliphatic carbocycles. The van der Waals surface area contributed by atoms with Gasteiger partial charge in [-0.1, -0.05) is 130 Å². The number of carbonyl (C=O) groups excluding carboxylic acids is 2. The van der Waals surface area contributed by atoms with E-state index < -0.39 is 11.9 Å². The Hall–Kier alpha value is -6.44. The highest BCUT2D eigenvalue weighted by atomic mass is 17.2. The first-order valence-electron chi connectivity index (χ1n) is 28.9. The number of hydrogen-bond acceptors (Lipinski definition) is 13. The van der Waals surface area contributed by atoms with E-state index in [1.807, 2.05) is 36.4 Å². The molecule has 78 heavy (non-hydrogen) atoms. The van der Waals surface area contributed by atoms with Crippen molar-refractivity contribution in [1.29, 1.82) is 0 Å². The van der Waals surface area contributed by atoms with Crippen LogP contribution >= 0.6 is 0 Å². The van der Waals surface area contributed by atoms with Crippen LogP contribution in [-0.2, 0) is 24.1 Å². The summed E-state index contributed by atoms with van der Waals surface area (Å²) >= 11 is 0. The Balaban J connectivity index is 1.48. The molecule has 0 bridgehead atoms. The first kappa shape index (κ1) is 64.1. The van der Waals surface area contributed by atoms with Gasteiger partial charge in [0, 0.05) is 23.3 Å². The van der Waals surface area contributed by atoms with Crippen LogP contribution in [0.15, 0.2) is 98.3 Å². The number of rotatable bonds is 46. The second-order valence-corrected chi connectivity index (χ2v) is 19.0. The van der Waals surface area contributed by atoms with E-state index in [2.05, 4.69) is 40.9 Å². The van der Waals surface area contributed by atoms with Crippen LogP contribution in [0.3, 0.4) is 0 Å². The first-order valence-corrected chi connectivity index (χ1v) is 28.9. The van der Waals surface area contributed by atoms with Crippen molar-refractivity contribution in [3.05, 3.63) is 109 Å². The quantitative estimate of drug-likeness (QED) is 0.00607. The van der Waals surface area contributed by atoms with Gasteiger partial charge in [-0.15, -0.1) is 6.58 Å². The molecular formula is C65H90O13. The molecule has 4 aromatic rings. The van der Waals surface area contributed by atoms with Gasteiger partial charge in [-0.05, 0) is 123 Å². The fraction of sp³-hybridized carbons (Fsp3) is 0.508. The molecule has 0 saturated carbocycles. The molecule has 0 amide bonds. The molecule has 0 N–H and O–H groups in total. The molecule has 13 heteroatoms. The summed E-state index contributed by atoms with van der Waals surface area (Å²) in [6.45, 7) is 20.2. The molecule has 0 radical (unpaired) electrons. The Morgan fingerprint density at radius 3 is 1.21 bits per heavy atom. The molecule has 13 nitrogen and oxygen atoms in total. The summed E-state index contributed by atoms with van der Waals surface area (Å²) < 4.78 is 55.2. The third-order valence-electron chi connectivity index (χ3n) is 12.4. The Morgan fingerprint density at radius 2 is 0.795 bits per heavy atom. The van der Waals surface area contributed by atoms with Gasteiger partial charge in [0.25, 0.3) is 0 Å². The lowest BCUT2D eigenvalue weighted by Gasteiger charge is -2.19. The van der Waals surface area contributed by atoms with Crippen molar-refractivity contribution in [1.82, 2.24) is 0 Å². The number of carbonyl (C=O) groups is 2. The summed E-state index contributed by atoms with van der Waals surface area (Å²) in [6, 6.07) is 18.1. The fourth-order valence-corrected chi connectivity index (χ4v) is 8.09. The van der Waals surface area contributed by atoms with Crippen molar-refractivity contribution < 1.29 is 62.0 Å². The van der Waals surface area contributed by atoms with E-state index in [0.29, 0.717) is 117 Å². The summed E-state index contributed by atoms with van der Waals surface area (Å²) in [5.74, 6) is 2.89. The number of esters is 2. The number of hydrogen-bond donors (Lipinski definition) is 0. The second-order valence-electron chi connectivity index (χ2n) is 19.0. The van der Waals surface area contributed by atoms with Crippen LogP contribution in [-0.4, -0.2) is 71.4 Å². The van der Waals surface area contributed by atoms with Gasteiger partial charge >= 0.3 is 11.9 Å². The monoisotopic (exact) mass is 1080 g/mol. The molecule has 0 aromatic heterocycles. The van der Waals surface area contributed by atoms with E-state index in [1.54, 1.807) is 42.5 Å². The van der Waals surface area contributed by atoms with Crippen molar-refractivity contribution in [3.8, 4) is 46.0 Å². The lowest BCUT2D eigenvalue weighted by molar-refractivity contribution is -0.286. The molecule has 0 fully saturated rings. The average Bonchev–Trinajstić information content (AvgIpc) is 3.48. The van der Waals surface area contributed by atoms with Crippen LogP contribution in [0.25, 0.3) is 22.9 Å². The minimum atomic E-state index is -0.564. The second kappa shape index (κ2) is 40.7. The van der Waals surface area contributed by atoms with Crippen LogP contribution in [0.4, 0.5) is 0 Å². The summed E-state index contributed by atoms with van der Waals surface area (Å²) in [5, 5.41) is 1.58. The van der Waals surface area contributed by atoms with E-state index >= 15 is 0 Å². The van der Waals surface area contributed by atoms with E-state index in [9.17, 15) is 9.59 Å². The first-order chi connectivity index (χ1) is 38.3. The van der Waals surface area contributed by atoms with Crippen LogP contribution in [0.5, 0.6) is 46.0 Å². The van der Waals surface area contributed by atoms with Gasteiger partial charge < -0.3 is 42.6 Å². The molecule has 0 saturated heterocycles. The maximum absolute atomic E-state index is 13.4. The zero-order valence-corrected chi connectivity index (χ0v) is 47.5.